The molecule has 0 aliphatic rings. The predicted octanol–water partition coefficient (Wildman–Crippen LogP) is 2.80. The van der Waals surface area contributed by atoms with Crippen LogP contribution in [0.5, 0.6) is 5.88 Å². The lowest BCUT2D eigenvalue weighted by atomic mass is 10.2. The fourth-order valence-electron chi connectivity index (χ4n) is 1.88. The molecule has 0 bridgehead atoms. The van der Waals surface area contributed by atoms with E-state index in [1.165, 1.54) is 0 Å². The quantitative estimate of drug-likeness (QED) is 0.705. The Hall–Kier alpha value is -2.36. The molecular weight excluding hydrogens is 226 g/mol. The average Bonchev–Trinajstić information content (AvgIpc) is 2.85. The van der Waals surface area contributed by atoms with Crippen molar-refractivity contribution in [3.63, 3.8) is 0 Å². The summed E-state index contributed by atoms with van der Waals surface area (Å²) in [5.74, 6) is 0.571. The summed E-state index contributed by atoms with van der Waals surface area (Å²) in [7, 11) is 0. The van der Waals surface area contributed by atoms with E-state index in [-0.39, 0.29) is 0 Å². The summed E-state index contributed by atoms with van der Waals surface area (Å²) in [4.78, 5) is 8.78. The highest BCUT2D eigenvalue weighted by Gasteiger charge is 2.09. The van der Waals surface area contributed by atoms with E-state index >= 15 is 0 Å². The van der Waals surface area contributed by atoms with Crippen LogP contribution >= 0.6 is 0 Å². The zero-order chi connectivity index (χ0) is 12.4. The molecule has 3 rings (SSSR count). The summed E-state index contributed by atoms with van der Waals surface area (Å²) in [5, 5.41) is 0. The Kier molecular flexibility index (Phi) is 2.68. The Morgan fingerprint density at radius 2 is 2.06 bits per heavy atom. The van der Waals surface area contributed by atoms with Gasteiger partial charge in [-0.2, -0.15) is 0 Å². The van der Waals surface area contributed by atoms with Crippen molar-refractivity contribution in [1.29, 1.82) is 0 Å². The zero-order valence-corrected chi connectivity index (χ0v) is 10.1. The van der Waals surface area contributed by atoms with Gasteiger partial charge >= 0.3 is 0 Å². The van der Waals surface area contributed by atoms with Crippen LogP contribution < -0.4 is 4.74 Å². The Bertz CT molecular complexity index is 661. The summed E-state index contributed by atoms with van der Waals surface area (Å²) < 4.78 is 7.40. The highest BCUT2D eigenvalue weighted by atomic mass is 16.5. The normalized spacial score (nSPS) is 10.7. The van der Waals surface area contributed by atoms with Crippen molar-refractivity contribution >= 4 is 5.65 Å². The third kappa shape index (κ3) is 1.82. The van der Waals surface area contributed by atoms with Crippen molar-refractivity contribution in [3.05, 3.63) is 48.9 Å². The SMILES string of the molecule is CCOc1nccn2cc(-c3ccccc3)nc12. The average molecular weight is 239 g/mol. The Balaban J connectivity index is 2.14. The van der Waals surface area contributed by atoms with E-state index in [0.29, 0.717) is 12.5 Å². The van der Waals surface area contributed by atoms with Gasteiger partial charge in [-0.05, 0) is 6.92 Å². The summed E-state index contributed by atoms with van der Waals surface area (Å²) in [6.07, 6.45) is 5.57. The second kappa shape index (κ2) is 4.49. The number of rotatable bonds is 3. The van der Waals surface area contributed by atoms with Gasteiger partial charge in [0.25, 0.3) is 5.88 Å². The molecule has 0 aliphatic heterocycles. The maximum atomic E-state index is 5.47. The molecule has 0 amide bonds. The smallest absolute Gasteiger partial charge is 0.258 e. The molecule has 1 aromatic carbocycles. The van der Waals surface area contributed by atoms with Gasteiger partial charge in [0.05, 0.1) is 12.3 Å². The van der Waals surface area contributed by atoms with Crippen LogP contribution in [0.25, 0.3) is 16.9 Å². The highest BCUT2D eigenvalue weighted by molar-refractivity contribution is 5.64. The van der Waals surface area contributed by atoms with Gasteiger partial charge in [-0.3, -0.25) is 0 Å². The van der Waals surface area contributed by atoms with Gasteiger partial charge in [0, 0.05) is 24.2 Å². The maximum Gasteiger partial charge on any atom is 0.258 e. The van der Waals surface area contributed by atoms with Crippen molar-refractivity contribution in [1.82, 2.24) is 14.4 Å². The molecule has 0 spiro atoms. The van der Waals surface area contributed by atoms with Crippen LogP contribution in [-0.2, 0) is 0 Å². The first kappa shape index (κ1) is 10.8. The van der Waals surface area contributed by atoms with Crippen molar-refractivity contribution in [2.45, 2.75) is 6.92 Å². The molecule has 2 aromatic heterocycles. The predicted molar refractivity (Wildman–Crippen MR) is 69.6 cm³/mol. The Labute approximate surface area is 105 Å². The number of hydrogen-bond acceptors (Lipinski definition) is 3. The van der Waals surface area contributed by atoms with E-state index in [1.807, 2.05) is 54.0 Å². The molecule has 0 unspecified atom stereocenters. The minimum absolute atomic E-state index is 0.571. The van der Waals surface area contributed by atoms with Crippen molar-refractivity contribution in [2.75, 3.05) is 6.61 Å². The molecule has 0 fully saturated rings. The third-order valence-electron chi connectivity index (χ3n) is 2.69. The van der Waals surface area contributed by atoms with Gasteiger partial charge in [-0.15, -0.1) is 0 Å². The van der Waals surface area contributed by atoms with E-state index in [0.717, 1.165) is 16.9 Å². The minimum atomic E-state index is 0.571. The third-order valence-corrected chi connectivity index (χ3v) is 2.69. The second-order valence-corrected chi connectivity index (χ2v) is 3.89. The highest BCUT2D eigenvalue weighted by Crippen LogP contribution is 2.22. The summed E-state index contributed by atoms with van der Waals surface area (Å²) in [5.41, 5.74) is 2.76. The standard InChI is InChI=1S/C14H13N3O/c1-2-18-14-13-16-12(10-17(13)9-8-15-14)11-6-4-3-5-7-11/h3-10H,2H2,1H3. The molecule has 0 saturated carbocycles. The van der Waals surface area contributed by atoms with E-state index in [2.05, 4.69) is 9.97 Å². The first-order valence-corrected chi connectivity index (χ1v) is 5.90. The van der Waals surface area contributed by atoms with Crippen LogP contribution in [0.3, 0.4) is 0 Å². The zero-order valence-electron chi connectivity index (χ0n) is 10.1. The summed E-state index contributed by atoms with van der Waals surface area (Å²) in [6.45, 7) is 2.52. The molecule has 4 heteroatoms. The topological polar surface area (TPSA) is 39.4 Å². The lowest BCUT2D eigenvalue weighted by Gasteiger charge is -2.01. The van der Waals surface area contributed by atoms with Gasteiger partial charge in [-0.25, -0.2) is 9.97 Å². The first-order valence-electron chi connectivity index (χ1n) is 5.90. The largest absolute Gasteiger partial charge is 0.475 e. The van der Waals surface area contributed by atoms with Crippen molar-refractivity contribution in [3.8, 4) is 17.1 Å². The number of aromatic nitrogens is 3. The van der Waals surface area contributed by atoms with E-state index < -0.39 is 0 Å². The molecule has 3 aromatic rings. The fourth-order valence-corrected chi connectivity index (χ4v) is 1.88. The molecule has 0 radical (unpaired) electrons. The molecule has 90 valence electrons. The first-order chi connectivity index (χ1) is 8.88. The van der Waals surface area contributed by atoms with E-state index in [9.17, 15) is 0 Å². The number of benzene rings is 1. The van der Waals surface area contributed by atoms with Crippen LogP contribution in [0.1, 0.15) is 6.92 Å². The van der Waals surface area contributed by atoms with Gasteiger partial charge in [0.2, 0.25) is 5.65 Å². The number of imidazole rings is 1. The Morgan fingerprint density at radius 1 is 1.22 bits per heavy atom. The van der Waals surface area contributed by atoms with Gasteiger partial charge < -0.3 is 9.14 Å². The van der Waals surface area contributed by atoms with Gasteiger partial charge in [0.15, 0.2) is 0 Å². The molecule has 0 saturated heterocycles. The molecule has 0 atom stereocenters. The number of hydrogen-bond donors (Lipinski definition) is 0. The molecule has 2 heterocycles. The molecular formula is C14H13N3O. The van der Waals surface area contributed by atoms with E-state index in [4.69, 9.17) is 4.74 Å². The summed E-state index contributed by atoms with van der Waals surface area (Å²) >= 11 is 0. The molecule has 0 N–H and O–H groups in total. The fraction of sp³-hybridized carbons (Fsp3) is 0.143. The van der Waals surface area contributed by atoms with Crippen LogP contribution in [0, 0.1) is 0 Å². The van der Waals surface area contributed by atoms with Gasteiger partial charge in [0.1, 0.15) is 0 Å². The van der Waals surface area contributed by atoms with Crippen LogP contribution in [0.4, 0.5) is 0 Å². The van der Waals surface area contributed by atoms with E-state index in [1.54, 1.807) is 6.20 Å². The minimum Gasteiger partial charge on any atom is -0.475 e. The number of nitrogens with zero attached hydrogens (tertiary/aromatic N) is 3. The number of ether oxygens (including phenoxy) is 1. The lowest BCUT2D eigenvalue weighted by Crippen LogP contribution is -1.97. The van der Waals surface area contributed by atoms with Crippen molar-refractivity contribution in [2.24, 2.45) is 0 Å². The molecule has 0 aliphatic carbocycles. The molecule has 18 heavy (non-hydrogen) atoms. The number of fused-ring (bicyclic) bond motifs is 1. The second-order valence-electron chi connectivity index (χ2n) is 3.89. The van der Waals surface area contributed by atoms with Crippen LogP contribution in [-0.4, -0.2) is 21.0 Å². The summed E-state index contributed by atoms with van der Waals surface area (Å²) in [6, 6.07) is 10.1. The van der Waals surface area contributed by atoms with Crippen LogP contribution in [0.15, 0.2) is 48.9 Å². The van der Waals surface area contributed by atoms with Crippen molar-refractivity contribution < 1.29 is 4.74 Å². The lowest BCUT2D eigenvalue weighted by molar-refractivity contribution is 0.329. The monoisotopic (exact) mass is 239 g/mol. The van der Waals surface area contributed by atoms with Crippen LogP contribution in [0.2, 0.25) is 0 Å². The maximum absolute atomic E-state index is 5.47. The van der Waals surface area contributed by atoms with Gasteiger partial charge in [-0.1, -0.05) is 30.3 Å². The Morgan fingerprint density at radius 3 is 2.83 bits per heavy atom. The molecule has 4 nitrogen and oxygen atoms in total.